The Morgan fingerprint density at radius 1 is 0.950 bits per heavy atom. The predicted octanol–water partition coefficient (Wildman–Crippen LogP) is 3.01. The van der Waals surface area contributed by atoms with Crippen molar-refractivity contribution in [3.63, 3.8) is 0 Å². The van der Waals surface area contributed by atoms with Gasteiger partial charge in [0.1, 0.15) is 5.69 Å². The van der Waals surface area contributed by atoms with E-state index in [2.05, 4.69) is 15.4 Å². The maximum Gasteiger partial charge on any atom is 0.215 e. The minimum absolute atomic E-state index is 0.130. The van der Waals surface area contributed by atoms with Crippen LogP contribution in [0.5, 0.6) is 0 Å². The van der Waals surface area contributed by atoms with Crippen molar-refractivity contribution in [2.75, 3.05) is 0 Å². The minimum atomic E-state index is -0.130. The summed E-state index contributed by atoms with van der Waals surface area (Å²) in [5.41, 5.74) is 3.57. The molecule has 98 valence electrons. The summed E-state index contributed by atoms with van der Waals surface area (Å²) in [5, 5.41) is 10.7. The van der Waals surface area contributed by atoms with Gasteiger partial charge in [-0.05, 0) is 6.92 Å². The Labute approximate surface area is 116 Å². The molecule has 20 heavy (non-hydrogen) atoms. The highest BCUT2D eigenvalue weighted by molar-refractivity contribution is 6.10. The van der Waals surface area contributed by atoms with E-state index in [0.29, 0.717) is 17.0 Å². The molecule has 1 heterocycles. The second-order valence-electron chi connectivity index (χ2n) is 4.58. The third-order valence-electron chi connectivity index (χ3n) is 3.12. The van der Waals surface area contributed by atoms with Crippen molar-refractivity contribution >= 4 is 5.78 Å². The van der Waals surface area contributed by atoms with Gasteiger partial charge in [0.05, 0.1) is 0 Å². The van der Waals surface area contributed by atoms with Crippen LogP contribution in [-0.2, 0) is 0 Å². The number of aromatic nitrogens is 3. The van der Waals surface area contributed by atoms with E-state index in [4.69, 9.17) is 0 Å². The number of carbonyl (C=O) groups excluding carboxylic acids is 1. The number of aromatic amines is 1. The van der Waals surface area contributed by atoms with Gasteiger partial charge in [0.25, 0.3) is 0 Å². The van der Waals surface area contributed by atoms with Gasteiger partial charge in [0.2, 0.25) is 5.78 Å². The summed E-state index contributed by atoms with van der Waals surface area (Å²) in [5.74, 6) is -0.130. The third kappa shape index (κ3) is 2.23. The summed E-state index contributed by atoms with van der Waals surface area (Å²) >= 11 is 0. The molecule has 0 radical (unpaired) electrons. The van der Waals surface area contributed by atoms with Crippen LogP contribution >= 0.6 is 0 Å². The van der Waals surface area contributed by atoms with Crippen LogP contribution in [0.2, 0.25) is 0 Å². The molecule has 0 bridgehead atoms. The van der Waals surface area contributed by atoms with Crippen molar-refractivity contribution in [2.45, 2.75) is 6.92 Å². The van der Waals surface area contributed by atoms with Gasteiger partial charge in [-0.3, -0.25) is 4.79 Å². The van der Waals surface area contributed by atoms with Crippen molar-refractivity contribution in [1.29, 1.82) is 0 Å². The summed E-state index contributed by atoms with van der Waals surface area (Å²) in [7, 11) is 0. The lowest BCUT2D eigenvalue weighted by molar-refractivity contribution is 0.103. The summed E-state index contributed by atoms with van der Waals surface area (Å²) in [6, 6.07) is 16.9. The molecule has 0 aliphatic rings. The average molecular weight is 263 g/mol. The average Bonchev–Trinajstić information content (AvgIpc) is 2.97. The molecule has 0 spiro atoms. The zero-order valence-electron chi connectivity index (χ0n) is 11.0. The van der Waals surface area contributed by atoms with E-state index in [-0.39, 0.29) is 5.78 Å². The van der Waals surface area contributed by atoms with E-state index in [0.717, 1.165) is 11.1 Å². The molecule has 4 nitrogen and oxygen atoms in total. The Balaban J connectivity index is 2.02. The normalized spacial score (nSPS) is 10.4. The number of aryl methyl sites for hydroxylation is 1. The summed E-state index contributed by atoms with van der Waals surface area (Å²) in [4.78, 5) is 12.4. The minimum Gasteiger partial charge on any atom is -0.287 e. The molecule has 1 N–H and O–H groups in total. The van der Waals surface area contributed by atoms with E-state index in [1.54, 1.807) is 12.1 Å². The van der Waals surface area contributed by atoms with Crippen LogP contribution in [0.4, 0.5) is 0 Å². The molecule has 0 amide bonds. The first-order valence-electron chi connectivity index (χ1n) is 6.33. The number of rotatable bonds is 3. The maximum atomic E-state index is 12.4. The van der Waals surface area contributed by atoms with Crippen LogP contribution in [0, 0.1) is 6.92 Å². The first-order chi connectivity index (χ1) is 9.75. The number of H-pyrrole nitrogens is 1. The Bertz CT molecular complexity index is 730. The number of nitrogens with zero attached hydrogens (tertiary/aromatic N) is 2. The fourth-order valence-electron chi connectivity index (χ4n) is 2.03. The van der Waals surface area contributed by atoms with Crippen LogP contribution in [0.3, 0.4) is 0 Å². The summed E-state index contributed by atoms with van der Waals surface area (Å²) in [6.45, 7) is 2.02. The second kappa shape index (κ2) is 5.09. The largest absolute Gasteiger partial charge is 0.287 e. The summed E-state index contributed by atoms with van der Waals surface area (Å²) in [6.07, 6.45) is 0. The van der Waals surface area contributed by atoms with Crippen molar-refractivity contribution in [3.8, 4) is 11.3 Å². The Morgan fingerprint density at radius 3 is 2.35 bits per heavy atom. The molecule has 0 aliphatic heterocycles. The lowest BCUT2D eigenvalue weighted by Gasteiger charge is -2.01. The molecule has 0 saturated heterocycles. The Kier molecular flexibility index (Phi) is 3.13. The fraction of sp³-hybridized carbons (Fsp3) is 0.0625. The number of hydrogen-bond donors (Lipinski definition) is 1. The number of ketones is 1. The molecule has 2 aromatic carbocycles. The second-order valence-corrected chi connectivity index (χ2v) is 4.58. The lowest BCUT2D eigenvalue weighted by atomic mass is 10.0. The van der Waals surface area contributed by atoms with Crippen LogP contribution in [0.25, 0.3) is 11.3 Å². The molecule has 3 aromatic rings. The lowest BCUT2D eigenvalue weighted by Crippen LogP contribution is -2.03. The zero-order valence-corrected chi connectivity index (χ0v) is 11.0. The molecular weight excluding hydrogens is 250 g/mol. The predicted molar refractivity (Wildman–Crippen MR) is 76.4 cm³/mol. The number of carbonyl (C=O) groups is 1. The van der Waals surface area contributed by atoms with Gasteiger partial charge in [0.15, 0.2) is 5.69 Å². The van der Waals surface area contributed by atoms with E-state index in [9.17, 15) is 4.79 Å². The molecule has 4 heteroatoms. The zero-order chi connectivity index (χ0) is 13.9. The highest BCUT2D eigenvalue weighted by Crippen LogP contribution is 2.22. The first-order valence-corrected chi connectivity index (χ1v) is 6.33. The molecule has 3 rings (SSSR count). The molecule has 0 aliphatic carbocycles. The number of hydrogen-bond acceptors (Lipinski definition) is 3. The van der Waals surface area contributed by atoms with Gasteiger partial charge >= 0.3 is 0 Å². The van der Waals surface area contributed by atoms with Crippen molar-refractivity contribution in [1.82, 2.24) is 15.4 Å². The van der Waals surface area contributed by atoms with Crippen molar-refractivity contribution in [3.05, 3.63) is 71.4 Å². The van der Waals surface area contributed by atoms with Crippen LogP contribution in [0.15, 0.2) is 54.6 Å². The van der Waals surface area contributed by atoms with Gasteiger partial charge in [-0.2, -0.15) is 15.4 Å². The van der Waals surface area contributed by atoms with Gasteiger partial charge in [-0.25, -0.2) is 0 Å². The monoisotopic (exact) mass is 263 g/mol. The molecule has 0 unspecified atom stereocenters. The van der Waals surface area contributed by atoms with E-state index in [1.165, 1.54) is 0 Å². The Hall–Kier alpha value is -2.75. The highest BCUT2D eigenvalue weighted by atomic mass is 16.1. The Morgan fingerprint density at radius 2 is 1.65 bits per heavy atom. The van der Waals surface area contributed by atoms with Crippen LogP contribution in [-0.4, -0.2) is 21.2 Å². The van der Waals surface area contributed by atoms with E-state index in [1.807, 2.05) is 49.4 Å². The molecular formula is C16H13N3O. The van der Waals surface area contributed by atoms with Crippen LogP contribution in [0.1, 0.15) is 21.6 Å². The van der Waals surface area contributed by atoms with Gasteiger partial charge < -0.3 is 0 Å². The quantitative estimate of drug-likeness (QED) is 0.739. The van der Waals surface area contributed by atoms with Gasteiger partial charge in [0, 0.05) is 11.1 Å². The number of nitrogens with one attached hydrogen (secondary N) is 1. The molecule has 1 aromatic heterocycles. The van der Waals surface area contributed by atoms with Gasteiger partial charge in [-0.15, -0.1) is 0 Å². The SMILES string of the molecule is Cc1ccc(-c2n[nH]nc2C(=O)c2ccccc2)cc1. The maximum absolute atomic E-state index is 12.4. The number of benzene rings is 2. The van der Waals surface area contributed by atoms with Crippen molar-refractivity contribution < 1.29 is 4.79 Å². The standard InChI is InChI=1S/C16H13N3O/c1-11-7-9-12(10-8-11)14-15(18-19-17-14)16(20)13-5-3-2-4-6-13/h2-10H,1H3,(H,17,18,19). The fourth-order valence-corrected chi connectivity index (χ4v) is 2.03. The van der Waals surface area contributed by atoms with Crippen molar-refractivity contribution in [2.24, 2.45) is 0 Å². The smallest absolute Gasteiger partial charge is 0.215 e. The summed E-state index contributed by atoms with van der Waals surface area (Å²) < 4.78 is 0. The molecule has 0 atom stereocenters. The first kappa shape index (κ1) is 12.3. The topological polar surface area (TPSA) is 58.6 Å². The van der Waals surface area contributed by atoms with Gasteiger partial charge in [-0.1, -0.05) is 60.2 Å². The highest BCUT2D eigenvalue weighted by Gasteiger charge is 2.18. The molecule has 0 saturated carbocycles. The molecule has 0 fully saturated rings. The van der Waals surface area contributed by atoms with Crippen LogP contribution < -0.4 is 0 Å². The van der Waals surface area contributed by atoms with E-state index >= 15 is 0 Å². The van der Waals surface area contributed by atoms with E-state index < -0.39 is 0 Å². The third-order valence-corrected chi connectivity index (χ3v) is 3.12.